The van der Waals surface area contributed by atoms with Crippen molar-refractivity contribution in [3.8, 4) is 0 Å². The van der Waals surface area contributed by atoms with Gasteiger partial charge in [-0.3, -0.25) is 4.79 Å². The summed E-state index contributed by atoms with van der Waals surface area (Å²) in [4.78, 5) is 13.3. The van der Waals surface area contributed by atoms with E-state index in [-0.39, 0.29) is 10.9 Å². The molecule has 3 nitrogen and oxygen atoms in total. The SMILES string of the molecule is CC(Cl)CN(C)c1ccn(C)c(=O)c1. The molecule has 1 rings (SSSR count). The van der Waals surface area contributed by atoms with Gasteiger partial charge in [-0.15, -0.1) is 11.6 Å². The van der Waals surface area contributed by atoms with Gasteiger partial charge >= 0.3 is 0 Å². The Hall–Kier alpha value is -0.960. The average molecular weight is 215 g/mol. The Kier molecular flexibility index (Phi) is 3.58. The number of hydrogen-bond acceptors (Lipinski definition) is 2. The molecule has 0 aliphatic heterocycles. The van der Waals surface area contributed by atoms with Crippen molar-refractivity contribution in [2.24, 2.45) is 7.05 Å². The summed E-state index contributed by atoms with van der Waals surface area (Å²) in [5, 5.41) is 0.0732. The van der Waals surface area contributed by atoms with Gasteiger partial charge in [-0.2, -0.15) is 0 Å². The molecule has 0 radical (unpaired) electrons. The van der Waals surface area contributed by atoms with Gasteiger partial charge in [0.15, 0.2) is 0 Å². The van der Waals surface area contributed by atoms with E-state index in [9.17, 15) is 4.79 Å². The van der Waals surface area contributed by atoms with Crippen molar-refractivity contribution < 1.29 is 0 Å². The Morgan fingerprint density at radius 2 is 2.29 bits per heavy atom. The van der Waals surface area contributed by atoms with Gasteiger partial charge in [-0.25, -0.2) is 0 Å². The first kappa shape index (κ1) is 11.1. The van der Waals surface area contributed by atoms with Crippen molar-refractivity contribution in [2.45, 2.75) is 12.3 Å². The summed E-state index contributed by atoms with van der Waals surface area (Å²) in [5.74, 6) is 0. The van der Waals surface area contributed by atoms with Crippen LogP contribution < -0.4 is 10.5 Å². The molecule has 0 aromatic carbocycles. The first-order chi connectivity index (χ1) is 6.50. The quantitative estimate of drug-likeness (QED) is 0.712. The summed E-state index contributed by atoms with van der Waals surface area (Å²) in [6.45, 7) is 2.66. The lowest BCUT2D eigenvalue weighted by molar-refractivity contribution is 0.831. The molecule has 1 unspecified atom stereocenters. The third-order valence-corrected chi connectivity index (χ3v) is 2.19. The molecule has 1 aromatic heterocycles. The lowest BCUT2D eigenvalue weighted by atomic mass is 10.3. The summed E-state index contributed by atoms with van der Waals surface area (Å²) < 4.78 is 1.54. The summed E-state index contributed by atoms with van der Waals surface area (Å²) in [6.07, 6.45) is 1.76. The van der Waals surface area contributed by atoms with Crippen molar-refractivity contribution in [3.05, 3.63) is 28.7 Å². The number of aromatic nitrogens is 1. The monoisotopic (exact) mass is 214 g/mol. The number of hydrogen-bond donors (Lipinski definition) is 0. The molecule has 0 aliphatic carbocycles. The molecule has 78 valence electrons. The molecule has 0 aliphatic rings. The van der Waals surface area contributed by atoms with E-state index in [1.165, 1.54) is 0 Å². The lowest BCUT2D eigenvalue weighted by Gasteiger charge is -2.20. The maximum absolute atomic E-state index is 11.3. The Morgan fingerprint density at radius 1 is 1.64 bits per heavy atom. The molecule has 0 spiro atoms. The molecular weight excluding hydrogens is 200 g/mol. The fraction of sp³-hybridized carbons (Fsp3) is 0.500. The second-order valence-electron chi connectivity index (χ2n) is 3.50. The van der Waals surface area contributed by atoms with Gasteiger partial charge in [0.05, 0.1) is 0 Å². The molecule has 1 heterocycles. The zero-order valence-corrected chi connectivity index (χ0v) is 9.45. The van der Waals surface area contributed by atoms with Crippen LogP contribution in [0.3, 0.4) is 0 Å². The van der Waals surface area contributed by atoms with Crippen LogP contribution in [0.5, 0.6) is 0 Å². The van der Waals surface area contributed by atoms with Crippen LogP contribution in [0.2, 0.25) is 0 Å². The summed E-state index contributed by atoms with van der Waals surface area (Å²) in [7, 11) is 3.66. The minimum atomic E-state index is -0.00317. The van der Waals surface area contributed by atoms with Gasteiger partial charge in [0.25, 0.3) is 5.56 Å². The second kappa shape index (κ2) is 4.51. The van der Waals surface area contributed by atoms with E-state index in [1.54, 1.807) is 23.9 Å². The third kappa shape index (κ3) is 2.77. The molecule has 0 fully saturated rings. The predicted octanol–water partition coefficient (Wildman–Crippen LogP) is 1.45. The molecule has 14 heavy (non-hydrogen) atoms. The van der Waals surface area contributed by atoms with Crippen molar-refractivity contribution >= 4 is 17.3 Å². The molecule has 0 saturated heterocycles. The van der Waals surface area contributed by atoms with E-state index < -0.39 is 0 Å². The van der Waals surface area contributed by atoms with E-state index in [4.69, 9.17) is 11.6 Å². The Labute approximate surface area is 88.9 Å². The van der Waals surface area contributed by atoms with Crippen LogP contribution in [-0.2, 0) is 7.05 Å². The number of aryl methyl sites for hydroxylation is 1. The Morgan fingerprint density at radius 3 is 2.79 bits per heavy atom. The van der Waals surface area contributed by atoms with Crippen LogP contribution >= 0.6 is 11.6 Å². The van der Waals surface area contributed by atoms with Crippen LogP contribution in [0.4, 0.5) is 5.69 Å². The molecule has 0 bridgehead atoms. The highest BCUT2D eigenvalue weighted by atomic mass is 35.5. The highest BCUT2D eigenvalue weighted by molar-refractivity contribution is 6.20. The van der Waals surface area contributed by atoms with Gasteiger partial charge in [-0.05, 0) is 13.0 Å². The van der Waals surface area contributed by atoms with Gasteiger partial charge in [-0.1, -0.05) is 0 Å². The van der Waals surface area contributed by atoms with Gasteiger partial charge in [0, 0.05) is 44.0 Å². The maximum Gasteiger partial charge on any atom is 0.252 e. The van der Waals surface area contributed by atoms with Gasteiger partial charge in [0.2, 0.25) is 0 Å². The molecule has 1 aromatic rings. The number of halogens is 1. The normalized spacial score (nSPS) is 12.6. The topological polar surface area (TPSA) is 25.2 Å². The molecular formula is C10H15ClN2O. The van der Waals surface area contributed by atoms with Crippen LogP contribution in [0.1, 0.15) is 6.92 Å². The summed E-state index contributed by atoms with van der Waals surface area (Å²) in [6, 6.07) is 3.51. The van der Waals surface area contributed by atoms with Gasteiger partial charge < -0.3 is 9.47 Å². The highest BCUT2D eigenvalue weighted by Gasteiger charge is 2.05. The highest BCUT2D eigenvalue weighted by Crippen LogP contribution is 2.10. The zero-order valence-electron chi connectivity index (χ0n) is 8.70. The number of alkyl halides is 1. The minimum absolute atomic E-state index is 0.00317. The standard InChI is InChI=1S/C10H15ClN2O/c1-8(11)7-13(3)9-4-5-12(2)10(14)6-9/h4-6,8H,7H2,1-3H3. The summed E-state index contributed by atoms with van der Waals surface area (Å²) in [5.41, 5.74) is 0.900. The smallest absolute Gasteiger partial charge is 0.252 e. The zero-order chi connectivity index (χ0) is 10.7. The fourth-order valence-corrected chi connectivity index (χ4v) is 1.47. The maximum atomic E-state index is 11.3. The average Bonchev–Trinajstić information content (AvgIpc) is 2.08. The number of anilines is 1. The first-order valence-electron chi connectivity index (χ1n) is 4.52. The van der Waals surface area contributed by atoms with E-state index in [2.05, 4.69) is 0 Å². The molecule has 4 heteroatoms. The molecule has 0 saturated carbocycles. The molecule has 0 N–H and O–H groups in total. The summed E-state index contributed by atoms with van der Waals surface area (Å²) >= 11 is 5.87. The first-order valence-corrected chi connectivity index (χ1v) is 4.96. The van der Waals surface area contributed by atoms with Crippen LogP contribution in [-0.4, -0.2) is 23.5 Å². The van der Waals surface area contributed by atoms with Crippen molar-refractivity contribution in [3.63, 3.8) is 0 Å². The molecule has 1 atom stereocenters. The Bertz CT molecular complexity index is 359. The second-order valence-corrected chi connectivity index (χ2v) is 4.24. The largest absolute Gasteiger partial charge is 0.373 e. The fourth-order valence-electron chi connectivity index (χ4n) is 1.26. The van der Waals surface area contributed by atoms with Crippen molar-refractivity contribution in [1.29, 1.82) is 0 Å². The number of rotatable bonds is 3. The van der Waals surface area contributed by atoms with Crippen LogP contribution in [0.25, 0.3) is 0 Å². The number of nitrogens with zero attached hydrogens (tertiary/aromatic N) is 2. The van der Waals surface area contributed by atoms with Crippen molar-refractivity contribution in [1.82, 2.24) is 4.57 Å². The van der Waals surface area contributed by atoms with E-state index in [0.29, 0.717) is 0 Å². The van der Waals surface area contributed by atoms with Gasteiger partial charge in [0.1, 0.15) is 0 Å². The third-order valence-electron chi connectivity index (χ3n) is 2.05. The van der Waals surface area contributed by atoms with Crippen molar-refractivity contribution in [2.75, 3.05) is 18.5 Å². The number of pyridine rings is 1. The van der Waals surface area contributed by atoms with E-state index in [0.717, 1.165) is 12.2 Å². The van der Waals surface area contributed by atoms with Crippen LogP contribution in [0.15, 0.2) is 23.1 Å². The Balaban J connectivity index is 2.86. The minimum Gasteiger partial charge on any atom is -0.373 e. The lowest BCUT2D eigenvalue weighted by Crippen LogP contribution is -2.26. The van der Waals surface area contributed by atoms with Crippen LogP contribution in [0, 0.1) is 0 Å². The van der Waals surface area contributed by atoms with E-state index >= 15 is 0 Å². The predicted molar refractivity (Wildman–Crippen MR) is 60.3 cm³/mol. The molecule has 0 amide bonds. The van der Waals surface area contributed by atoms with E-state index in [1.807, 2.05) is 24.9 Å².